The number of anilines is 1. The zero-order valence-electron chi connectivity index (χ0n) is 9.49. The number of hydrogen-bond donors (Lipinski definition) is 1. The van der Waals surface area contributed by atoms with E-state index in [9.17, 15) is 9.50 Å². The third-order valence-corrected chi connectivity index (χ3v) is 3.24. The summed E-state index contributed by atoms with van der Waals surface area (Å²) in [6.45, 7) is 3.93. The summed E-state index contributed by atoms with van der Waals surface area (Å²) in [5.41, 5.74) is 0.580. The Kier molecular flexibility index (Phi) is 3.39. The summed E-state index contributed by atoms with van der Waals surface area (Å²) in [5.74, 6) is 1.04. The maximum absolute atomic E-state index is 13.0. The first-order valence-corrected chi connectivity index (χ1v) is 5.74. The van der Waals surface area contributed by atoms with Gasteiger partial charge in [-0.05, 0) is 18.4 Å². The molecule has 88 valence electrons. The van der Waals surface area contributed by atoms with Gasteiger partial charge in [0.15, 0.2) is 0 Å². The van der Waals surface area contributed by atoms with Crippen molar-refractivity contribution in [3.8, 4) is 0 Å². The number of aromatic nitrogens is 1. The molecule has 1 aromatic heterocycles. The maximum atomic E-state index is 13.0. The van der Waals surface area contributed by atoms with Gasteiger partial charge in [-0.2, -0.15) is 0 Å². The molecule has 0 spiro atoms. The van der Waals surface area contributed by atoms with E-state index in [-0.39, 0.29) is 12.4 Å². The van der Waals surface area contributed by atoms with E-state index in [2.05, 4.69) is 16.8 Å². The number of pyridine rings is 1. The lowest BCUT2D eigenvalue weighted by Gasteiger charge is -2.19. The summed E-state index contributed by atoms with van der Waals surface area (Å²) in [6, 6.07) is 1.36. The van der Waals surface area contributed by atoms with Crippen LogP contribution in [0.15, 0.2) is 12.3 Å². The second-order valence-corrected chi connectivity index (χ2v) is 4.30. The minimum atomic E-state index is -0.390. The summed E-state index contributed by atoms with van der Waals surface area (Å²) in [4.78, 5) is 6.23. The first-order chi connectivity index (χ1) is 7.74. The molecule has 1 N–H and O–H groups in total. The number of hydrogen-bond acceptors (Lipinski definition) is 3. The van der Waals surface area contributed by atoms with Gasteiger partial charge in [-0.15, -0.1) is 0 Å². The molecule has 4 heteroatoms. The van der Waals surface area contributed by atoms with Crippen molar-refractivity contribution in [2.24, 2.45) is 5.92 Å². The van der Waals surface area contributed by atoms with Crippen molar-refractivity contribution in [1.82, 2.24) is 4.98 Å². The Bertz CT molecular complexity index is 370. The molecule has 1 saturated heterocycles. The van der Waals surface area contributed by atoms with E-state index in [1.54, 1.807) is 0 Å². The molecular weight excluding hydrogens is 207 g/mol. The van der Waals surface area contributed by atoms with Gasteiger partial charge in [-0.25, -0.2) is 9.37 Å². The van der Waals surface area contributed by atoms with E-state index in [4.69, 9.17) is 0 Å². The summed E-state index contributed by atoms with van der Waals surface area (Å²) >= 11 is 0. The number of aliphatic hydroxyl groups is 1. The fraction of sp³-hybridized carbons (Fsp3) is 0.583. The number of rotatable bonds is 3. The highest BCUT2D eigenvalue weighted by molar-refractivity contribution is 5.47. The molecule has 1 aromatic rings. The number of aliphatic hydroxyl groups excluding tert-OH is 1. The van der Waals surface area contributed by atoms with Crippen LogP contribution in [0.25, 0.3) is 0 Å². The van der Waals surface area contributed by atoms with Crippen molar-refractivity contribution in [2.75, 3.05) is 18.0 Å². The van der Waals surface area contributed by atoms with Crippen LogP contribution in [0, 0.1) is 11.7 Å². The average molecular weight is 224 g/mol. The number of nitrogens with zero attached hydrogens (tertiary/aromatic N) is 2. The van der Waals surface area contributed by atoms with Gasteiger partial charge in [0.1, 0.15) is 11.6 Å². The third-order valence-electron chi connectivity index (χ3n) is 3.24. The van der Waals surface area contributed by atoms with Gasteiger partial charge in [-0.3, -0.25) is 0 Å². The van der Waals surface area contributed by atoms with Crippen molar-refractivity contribution in [1.29, 1.82) is 0 Å². The first kappa shape index (κ1) is 11.3. The molecule has 16 heavy (non-hydrogen) atoms. The van der Waals surface area contributed by atoms with E-state index >= 15 is 0 Å². The Morgan fingerprint density at radius 2 is 2.44 bits per heavy atom. The van der Waals surface area contributed by atoms with Gasteiger partial charge < -0.3 is 10.0 Å². The molecule has 1 aliphatic rings. The van der Waals surface area contributed by atoms with Gasteiger partial charge in [0, 0.05) is 18.7 Å². The van der Waals surface area contributed by atoms with Gasteiger partial charge in [-0.1, -0.05) is 13.3 Å². The Balaban J connectivity index is 2.20. The molecule has 0 radical (unpaired) electrons. The Labute approximate surface area is 94.9 Å². The number of halogens is 1. The van der Waals surface area contributed by atoms with Crippen LogP contribution >= 0.6 is 0 Å². The summed E-state index contributed by atoms with van der Waals surface area (Å²) in [6.07, 6.45) is 3.53. The average Bonchev–Trinajstić information content (AvgIpc) is 2.77. The van der Waals surface area contributed by atoms with E-state index in [1.807, 2.05) is 0 Å². The predicted molar refractivity (Wildman–Crippen MR) is 60.7 cm³/mol. The lowest BCUT2D eigenvalue weighted by atomic mass is 10.1. The van der Waals surface area contributed by atoms with Crippen LogP contribution in [-0.4, -0.2) is 23.2 Å². The van der Waals surface area contributed by atoms with Crippen LogP contribution in [0.2, 0.25) is 0 Å². The van der Waals surface area contributed by atoms with Crippen LogP contribution in [0.5, 0.6) is 0 Å². The molecule has 2 rings (SSSR count). The minimum absolute atomic E-state index is 0.159. The highest BCUT2D eigenvalue weighted by Gasteiger charge is 2.23. The molecule has 1 atom stereocenters. The molecule has 1 fully saturated rings. The van der Waals surface area contributed by atoms with Crippen molar-refractivity contribution < 1.29 is 9.50 Å². The zero-order valence-corrected chi connectivity index (χ0v) is 9.49. The van der Waals surface area contributed by atoms with Gasteiger partial charge in [0.05, 0.1) is 12.8 Å². The molecular formula is C12H17FN2O. The Hall–Kier alpha value is -1.16. The smallest absolute Gasteiger partial charge is 0.142 e. The van der Waals surface area contributed by atoms with Gasteiger partial charge in [0.25, 0.3) is 0 Å². The Morgan fingerprint density at radius 1 is 1.62 bits per heavy atom. The summed E-state index contributed by atoms with van der Waals surface area (Å²) in [7, 11) is 0. The molecule has 0 amide bonds. The molecule has 0 aliphatic carbocycles. The van der Waals surface area contributed by atoms with Gasteiger partial charge >= 0.3 is 0 Å². The molecule has 3 nitrogen and oxygen atoms in total. The van der Waals surface area contributed by atoms with Crippen LogP contribution in [0.1, 0.15) is 25.3 Å². The minimum Gasteiger partial charge on any atom is -0.392 e. The summed E-state index contributed by atoms with van der Waals surface area (Å²) in [5, 5.41) is 9.19. The van der Waals surface area contributed by atoms with Crippen LogP contribution in [0.4, 0.5) is 10.2 Å². The van der Waals surface area contributed by atoms with Crippen molar-refractivity contribution in [2.45, 2.75) is 26.4 Å². The van der Waals surface area contributed by atoms with Crippen LogP contribution in [-0.2, 0) is 6.61 Å². The second-order valence-electron chi connectivity index (χ2n) is 4.30. The normalized spacial score (nSPS) is 20.4. The lowest BCUT2D eigenvalue weighted by molar-refractivity contribution is 0.281. The molecule has 1 unspecified atom stereocenters. The molecule has 1 aliphatic heterocycles. The van der Waals surface area contributed by atoms with Crippen molar-refractivity contribution in [3.05, 3.63) is 23.6 Å². The van der Waals surface area contributed by atoms with E-state index in [1.165, 1.54) is 12.3 Å². The van der Waals surface area contributed by atoms with E-state index in [0.717, 1.165) is 31.7 Å². The molecule has 0 bridgehead atoms. The van der Waals surface area contributed by atoms with Crippen molar-refractivity contribution >= 4 is 5.82 Å². The lowest BCUT2D eigenvalue weighted by Crippen LogP contribution is -2.22. The van der Waals surface area contributed by atoms with E-state index in [0.29, 0.717) is 11.5 Å². The zero-order chi connectivity index (χ0) is 11.5. The predicted octanol–water partition coefficient (Wildman–Crippen LogP) is 1.95. The molecule has 0 aromatic carbocycles. The molecule has 2 heterocycles. The Morgan fingerprint density at radius 3 is 3.06 bits per heavy atom. The quantitative estimate of drug-likeness (QED) is 0.852. The topological polar surface area (TPSA) is 36.4 Å². The maximum Gasteiger partial charge on any atom is 0.142 e. The monoisotopic (exact) mass is 224 g/mol. The largest absolute Gasteiger partial charge is 0.392 e. The highest BCUT2D eigenvalue weighted by atomic mass is 19.1. The van der Waals surface area contributed by atoms with Crippen LogP contribution in [0.3, 0.4) is 0 Å². The van der Waals surface area contributed by atoms with Crippen molar-refractivity contribution in [3.63, 3.8) is 0 Å². The highest BCUT2D eigenvalue weighted by Crippen LogP contribution is 2.26. The second kappa shape index (κ2) is 4.78. The fourth-order valence-electron chi connectivity index (χ4n) is 2.23. The van der Waals surface area contributed by atoms with Crippen LogP contribution < -0.4 is 4.90 Å². The fourth-order valence-corrected chi connectivity index (χ4v) is 2.23. The molecule has 0 saturated carbocycles. The first-order valence-electron chi connectivity index (χ1n) is 5.74. The third kappa shape index (κ3) is 2.16. The summed E-state index contributed by atoms with van der Waals surface area (Å²) < 4.78 is 13.0. The standard InChI is InChI=1S/C12H17FN2O/c1-2-9-3-4-15(7-9)12-10(8-16)5-11(13)6-14-12/h5-6,9,16H,2-4,7-8H2,1H3. The SMILES string of the molecule is CCC1CCN(c2ncc(F)cc2CO)C1. The van der Waals surface area contributed by atoms with Gasteiger partial charge in [0.2, 0.25) is 0 Å². The van der Waals surface area contributed by atoms with E-state index < -0.39 is 0 Å².